The third kappa shape index (κ3) is 2.80. The zero-order valence-corrected chi connectivity index (χ0v) is 18.5. The summed E-state index contributed by atoms with van der Waals surface area (Å²) in [6, 6.07) is 12.9. The van der Waals surface area contributed by atoms with Gasteiger partial charge in [0, 0.05) is 55.7 Å². The molecule has 0 atom stereocenters. The van der Waals surface area contributed by atoms with Crippen molar-refractivity contribution in [3.8, 4) is 23.0 Å². The fraction of sp³-hybridized carbons (Fsp3) is 0.160. The first-order valence-electron chi connectivity index (χ1n) is 11.1. The van der Waals surface area contributed by atoms with E-state index in [1.54, 1.807) is 12.4 Å². The second-order valence-electron chi connectivity index (χ2n) is 8.96. The van der Waals surface area contributed by atoms with Gasteiger partial charge in [0.15, 0.2) is 0 Å². The third-order valence-corrected chi connectivity index (χ3v) is 6.67. The van der Waals surface area contributed by atoms with E-state index >= 15 is 0 Å². The number of fused-ring (bicyclic) bond motifs is 4. The van der Waals surface area contributed by atoms with E-state index in [-0.39, 0.29) is 6.71 Å². The van der Waals surface area contributed by atoms with Gasteiger partial charge in [0.05, 0.1) is 25.7 Å². The quantitative estimate of drug-likeness (QED) is 0.394. The number of aromatic nitrogens is 1. The lowest BCUT2D eigenvalue weighted by atomic mass is 9.35. The van der Waals surface area contributed by atoms with Gasteiger partial charge in [-0.1, -0.05) is 0 Å². The van der Waals surface area contributed by atoms with Crippen molar-refractivity contribution in [3.63, 3.8) is 0 Å². The van der Waals surface area contributed by atoms with Crippen LogP contribution in [0.2, 0.25) is 0 Å². The molecule has 0 N–H and O–H groups in total. The first-order valence-corrected chi connectivity index (χ1v) is 11.1. The minimum Gasteiger partial charge on any atom is -0.457 e. The van der Waals surface area contributed by atoms with Crippen molar-refractivity contribution < 1.29 is 9.47 Å². The SMILES string of the molecule is CN1C=CN(c2ccc3c(c2)B2c4cc(N5C=CN(C)C5)ccc4Oc4cncc(c42)O3)C1. The van der Waals surface area contributed by atoms with Crippen LogP contribution in [0.5, 0.6) is 23.0 Å². The summed E-state index contributed by atoms with van der Waals surface area (Å²) in [5, 5.41) is 0. The Bertz CT molecular complexity index is 1260. The highest BCUT2D eigenvalue weighted by molar-refractivity contribution is 6.98. The molecule has 4 aliphatic heterocycles. The van der Waals surface area contributed by atoms with E-state index in [0.29, 0.717) is 0 Å². The molecule has 0 radical (unpaired) electrons. The summed E-state index contributed by atoms with van der Waals surface area (Å²) in [4.78, 5) is 13.2. The van der Waals surface area contributed by atoms with Gasteiger partial charge in [0.25, 0.3) is 6.71 Å². The average molecular weight is 435 g/mol. The molecule has 0 fully saturated rings. The minimum absolute atomic E-state index is 0.0130. The molecule has 162 valence electrons. The van der Waals surface area contributed by atoms with Crippen LogP contribution in [0.1, 0.15) is 0 Å². The standard InChI is InChI=1S/C25H22BN5O2/c1-28-7-9-30(15-28)17-3-5-21-19(11-17)26-20-12-18(31-10-8-29(2)16-31)4-6-22(20)33-24-14-27-13-23(32-21)25(24)26/h3-14H,15-16H2,1-2H3. The zero-order valence-electron chi connectivity index (χ0n) is 18.5. The van der Waals surface area contributed by atoms with Crippen LogP contribution in [0, 0.1) is 0 Å². The molecular weight excluding hydrogens is 413 g/mol. The molecule has 7 rings (SSSR count). The maximum atomic E-state index is 6.30. The lowest BCUT2D eigenvalue weighted by molar-refractivity contribution is 0.460. The number of rotatable bonds is 2. The Labute approximate surface area is 192 Å². The number of hydrogen-bond donors (Lipinski definition) is 0. The number of nitrogens with zero attached hydrogens (tertiary/aromatic N) is 5. The van der Waals surface area contributed by atoms with Crippen LogP contribution in [0.25, 0.3) is 0 Å². The number of anilines is 2. The predicted molar refractivity (Wildman–Crippen MR) is 130 cm³/mol. The van der Waals surface area contributed by atoms with Gasteiger partial charge in [-0.25, -0.2) is 0 Å². The maximum Gasteiger partial charge on any atom is 0.261 e. The monoisotopic (exact) mass is 435 g/mol. The van der Waals surface area contributed by atoms with Crippen molar-refractivity contribution in [1.82, 2.24) is 14.8 Å². The molecule has 3 aromatic rings. The normalized spacial score (nSPS) is 17.1. The van der Waals surface area contributed by atoms with E-state index < -0.39 is 0 Å². The fourth-order valence-corrected chi connectivity index (χ4v) is 5.06. The molecule has 4 aliphatic rings. The fourth-order valence-electron chi connectivity index (χ4n) is 5.06. The van der Waals surface area contributed by atoms with Gasteiger partial charge >= 0.3 is 0 Å². The summed E-state index contributed by atoms with van der Waals surface area (Å²) in [6.45, 7) is 1.67. The number of pyridine rings is 1. The first kappa shape index (κ1) is 18.5. The molecule has 7 nitrogen and oxygen atoms in total. The second-order valence-corrected chi connectivity index (χ2v) is 8.96. The van der Waals surface area contributed by atoms with Crippen molar-refractivity contribution in [2.75, 3.05) is 37.2 Å². The van der Waals surface area contributed by atoms with E-state index in [1.165, 1.54) is 0 Å². The summed E-state index contributed by atoms with van der Waals surface area (Å²) in [7, 11) is 4.15. The first-order chi connectivity index (χ1) is 16.1. The van der Waals surface area contributed by atoms with Crippen molar-refractivity contribution in [2.24, 2.45) is 0 Å². The van der Waals surface area contributed by atoms with E-state index in [1.807, 2.05) is 0 Å². The summed E-state index contributed by atoms with van der Waals surface area (Å²) < 4.78 is 12.6. The smallest absolute Gasteiger partial charge is 0.261 e. The largest absolute Gasteiger partial charge is 0.457 e. The van der Waals surface area contributed by atoms with Gasteiger partial charge in [0.2, 0.25) is 0 Å². The highest BCUT2D eigenvalue weighted by Crippen LogP contribution is 2.35. The van der Waals surface area contributed by atoms with Gasteiger partial charge in [-0.15, -0.1) is 0 Å². The molecule has 0 amide bonds. The molecule has 2 aromatic carbocycles. The van der Waals surface area contributed by atoms with Gasteiger partial charge < -0.3 is 29.1 Å². The number of hydrogen-bond acceptors (Lipinski definition) is 7. The van der Waals surface area contributed by atoms with Crippen LogP contribution in [0.15, 0.2) is 73.6 Å². The zero-order chi connectivity index (χ0) is 22.1. The molecular formula is C25H22BN5O2. The molecule has 5 heterocycles. The second kappa shape index (κ2) is 6.72. The number of ether oxygens (including phenoxy) is 2. The van der Waals surface area contributed by atoms with Crippen LogP contribution < -0.4 is 35.7 Å². The predicted octanol–water partition coefficient (Wildman–Crippen LogP) is 2.17. The summed E-state index contributed by atoms with van der Waals surface area (Å²) in [5.74, 6) is 3.25. The molecule has 1 aromatic heterocycles. The van der Waals surface area contributed by atoms with Crippen LogP contribution in [0.3, 0.4) is 0 Å². The van der Waals surface area contributed by atoms with E-state index in [9.17, 15) is 0 Å². The van der Waals surface area contributed by atoms with Crippen molar-refractivity contribution >= 4 is 34.5 Å². The third-order valence-electron chi connectivity index (χ3n) is 6.67. The molecule has 8 heteroatoms. The van der Waals surface area contributed by atoms with Crippen molar-refractivity contribution in [1.29, 1.82) is 0 Å². The van der Waals surface area contributed by atoms with Gasteiger partial charge in [-0.2, -0.15) is 0 Å². The van der Waals surface area contributed by atoms with Gasteiger partial charge in [0.1, 0.15) is 23.0 Å². The Hall–Kier alpha value is -4.07. The minimum atomic E-state index is 0.0130. The summed E-state index contributed by atoms with van der Waals surface area (Å²) in [6.07, 6.45) is 12.0. The van der Waals surface area contributed by atoms with Crippen LogP contribution in [-0.2, 0) is 0 Å². The molecule has 0 aliphatic carbocycles. The summed E-state index contributed by atoms with van der Waals surface area (Å²) >= 11 is 0. The van der Waals surface area contributed by atoms with Gasteiger partial charge in [-0.3, -0.25) is 4.98 Å². The van der Waals surface area contributed by atoms with Crippen molar-refractivity contribution in [3.05, 3.63) is 73.6 Å². The Morgan fingerprint density at radius 1 is 0.697 bits per heavy atom. The molecule has 0 spiro atoms. The molecule has 0 saturated heterocycles. The highest BCUT2D eigenvalue weighted by Gasteiger charge is 2.41. The molecule has 33 heavy (non-hydrogen) atoms. The Kier molecular flexibility index (Phi) is 3.77. The average Bonchev–Trinajstić information content (AvgIpc) is 3.46. The lowest BCUT2D eigenvalue weighted by Crippen LogP contribution is -2.57. The molecule has 0 bridgehead atoms. The Morgan fingerprint density at radius 2 is 1.21 bits per heavy atom. The Morgan fingerprint density at radius 3 is 1.67 bits per heavy atom. The van der Waals surface area contributed by atoms with E-state index in [2.05, 4.69) is 99.9 Å². The Balaban J connectivity index is 1.39. The highest BCUT2D eigenvalue weighted by atomic mass is 16.5. The van der Waals surface area contributed by atoms with E-state index in [4.69, 9.17) is 9.47 Å². The summed E-state index contributed by atoms with van der Waals surface area (Å²) in [5.41, 5.74) is 5.62. The molecule has 0 unspecified atom stereocenters. The van der Waals surface area contributed by atoms with Crippen LogP contribution in [0.4, 0.5) is 11.4 Å². The maximum absolute atomic E-state index is 6.30. The van der Waals surface area contributed by atoms with Crippen molar-refractivity contribution in [2.45, 2.75) is 0 Å². The van der Waals surface area contributed by atoms with Crippen LogP contribution in [-0.4, -0.2) is 48.9 Å². The molecule has 0 saturated carbocycles. The topological polar surface area (TPSA) is 44.3 Å². The number of benzene rings is 2. The lowest BCUT2D eigenvalue weighted by Gasteiger charge is -2.33. The van der Waals surface area contributed by atoms with Crippen LogP contribution >= 0.6 is 0 Å². The van der Waals surface area contributed by atoms with Gasteiger partial charge in [-0.05, 0) is 47.3 Å². The van der Waals surface area contributed by atoms with E-state index in [0.717, 1.165) is 64.1 Å².